The summed E-state index contributed by atoms with van der Waals surface area (Å²) < 4.78 is 14.8. The van der Waals surface area contributed by atoms with Gasteiger partial charge >= 0.3 is 6.03 Å². The molecule has 2 fully saturated rings. The van der Waals surface area contributed by atoms with Gasteiger partial charge in [-0.3, -0.25) is 14.4 Å². The molecule has 1 N–H and O–H groups in total. The van der Waals surface area contributed by atoms with Gasteiger partial charge in [-0.1, -0.05) is 24.3 Å². The number of imide groups is 1. The average molecular weight is 493 g/mol. The molecule has 0 radical (unpaired) electrons. The van der Waals surface area contributed by atoms with E-state index in [2.05, 4.69) is 15.1 Å². The highest BCUT2D eigenvalue weighted by molar-refractivity contribution is 6.20. The molecule has 2 aliphatic heterocycles. The highest BCUT2D eigenvalue weighted by atomic mass is 19.1. The van der Waals surface area contributed by atoms with Gasteiger partial charge in [-0.15, -0.1) is 0 Å². The Morgan fingerprint density at radius 2 is 1.75 bits per heavy atom. The topological polar surface area (TPSA) is 110 Å². The number of nitrogens with one attached hydrogen (secondary N) is 1. The van der Waals surface area contributed by atoms with Crippen LogP contribution in [0.3, 0.4) is 0 Å². The maximum atomic E-state index is 14.8. The molecule has 2 aliphatic rings. The van der Waals surface area contributed by atoms with Crippen LogP contribution >= 0.6 is 0 Å². The second-order valence-corrected chi connectivity index (χ2v) is 9.06. The number of rotatable bonds is 5. The van der Waals surface area contributed by atoms with Crippen molar-refractivity contribution in [3.8, 4) is 0 Å². The number of aromatic nitrogens is 2. The SMILES string of the molecule is CN1CCN(C(=O)CN2CC(=O)N(c3cc(Cc4n[nH]c(=O)c5ccccc45)ccc3F)C2=O)CC1. The zero-order valence-corrected chi connectivity index (χ0v) is 19.7. The summed E-state index contributed by atoms with van der Waals surface area (Å²) >= 11 is 0. The average Bonchev–Trinajstić information content (AvgIpc) is 3.15. The third-order valence-electron chi connectivity index (χ3n) is 6.62. The minimum atomic E-state index is -0.730. The number of hydrogen-bond acceptors (Lipinski definition) is 6. The number of piperazine rings is 1. The lowest BCUT2D eigenvalue weighted by molar-refractivity contribution is -0.133. The summed E-state index contributed by atoms with van der Waals surface area (Å²) in [6.07, 6.45) is 0.242. The number of hydrogen-bond donors (Lipinski definition) is 1. The van der Waals surface area contributed by atoms with E-state index in [1.54, 1.807) is 35.2 Å². The van der Waals surface area contributed by atoms with Gasteiger partial charge in [0, 0.05) is 38.0 Å². The normalized spacial score (nSPS) is 16.9. The number of carbonyl (C=O) groups is 3. The molecule has 0 bridgehead atoms. The number of likely N-dealkylation sites (N-methyl/N-ethyl adjacent to an activating group) is 1. The smallest absolute Gasteiger partial charge is 0.332 e. The first-order valence-electron chi connectivity index (χ1n) is 11.6. The van der Waals surface area contributed by atoms with Crippen LogP contribution in [-0.2, 0) is 16.0 Å². The van der Waals surface area contributed by atoms with Gasteiger partial charge in [0.05, 0.1) is 16.8 Å². The monoisotopic (exact) mass is 492 g/mol. The number of carbonyl (C=O) groups excluding carboxylic acids is 3. The Morgan fingerprint density at radius 3 is 2.50 bits per heavy atom. The van der Waals surface area contributed by atoms with E-state index >= 15 is 0 Å². The van der Waals surface area contributed by atoms with Gasteiger partial charge < -0.3 is 14.7 Å². The van der Waals surface area contributed by atoms with E-state index in [1.807, 2.05) is 7.05 Å². The summed E-state index contributed by atoms with van der Waals surface area (Å²) in [6, 6.07) is 10.4. The standard InChI is InChI=1S/C25H25FN6O4/c1-29-8-10-30(11-9-29)22(33)14-31-15-23(34)32(25(31)36)21-13-16(6-7-19(21)26)12-20-17-4-2-3-5-18(17)24(35)28-27-20/h2-7,13H,8-12,14-15H2,1H3,(H,28,35). The summed E-state index contributed by atoms with van der Waals surface area (Å²) in [5, 5.41) is 7.75. The third kappa shape index (κ3) is 4.44. The van der Waals surface area contributed by atoms with Crippen LogP contribution in [0, 0.1) is 5.82 Å². The number of H-pyrrole nitrogens is 1. The first kappa shape index (κ1) is 23.6. The predicted octanol–water partition coefficient (Wildman–Crippen LogP) is 1.20. The summed E-state index contributed by atoms with van der Waals surface area (Å²) in [5.41, 5.74) is 0.685. The van der Waals surface area contributed by atoms with Crippen LogP contribution in [0.4, 0.5) is 14.9 Å². The molecule has 3 heterocycles. The highest BCUT2D eigenvalue weighted by Crippen LogP contribution is 2.27. The van der Waals surface area contributed by atoms with Crippen LogP contribution < -0.4 is 10.5 Å². The van der Waals surface area contributed by atoms with Crippen LogP contribution in [0.2, 0.25) is 0 Å². The summed E-state index contributed by atoms with van der Waals surface area (Å²) in [6.45, 7) is 2.05. The van der Waals surface area contributed by atoms with Gasteiger partial charge in [0.2, 0.25) is 5.91 Å². The van der Waals surface area contributed by atoms with Crippen LogP contribution in [-0.4, -0.2) is 89.1 Å². The molecule has 36 heavy (non-hydrogen) atoms. The fourth-order valence-electron chi connectivity index (χ4n) is 4.57. The minimum absolute atomic E-state index is 0.175. The van der Waals surface area contributed by atoms with E-state index in [9.17, 15) is 23.6 Å². The van der Waals surface area contributed by atoms with Crippen LogP contribution in [0.15, 0.2) is 47.3 Å². The van der Waals surface area contributed by atoms with Crippen molar-refractivity contribution < 1.29 is 18.8 Å². The van der Waals surface area contributed by atoms with E-state index in [0.717, 1.165) is 22.9 Å². The molecule has 2 aromatic carbocycles. The Kier molecular flexibility index (Phi) is 6.23. The lowest BCUT2D eigenvalue weighted by Gasteiger charge is -2.33. The molecule has 2 saturated heterocycles. The van der Waals surface area contributed by atoms with E-state index in [0.29, 0.717) is 35.1 Å². The van der Waals surface area contributed by atoms with Crippen molar-refractivity contribution >= 4 is 34.3 Å². The lowest BCUT2D eigenvalue weighted by Crippen LogP contribution is -2.50. The van der Waals surface area contributed by atoms with Crippen molar-refractivity contribution in [2.75, 3.05) is 51.2 Å². The Bertz CT molecular complexity index is 1420. The van der Waals surface area contributed by atoms with Gasteiger partial charge in [-0.25, -0.2) is 19.2 Å². The van der Waals surface area contributed by atoms with Gasteiger partial charge in [-0.2, -0.15) is 5.10 Å². The molecule has 3 aromatic rings. The number of amides is 4. The lowest BCUT2D eigenvalue weighted by atomic mass is 10.0. The summed E-state index contributed by atoms with van der Waals surface area (Å²) in [5.74, 6) is -1.57. The molecule has 10 nitrogen and oxygen atoms in total. The largest absolute Gasteiger partial charge is 0.339 e. The minimum Gasteiger partial charge on any atom is -0.339 e. The molecule has 0 saturated carbocycles. The van der Waals surface area contributed by atoms with Crippen molar-refractivity contribution in [2.45, 2.75) is 6.42 Å². The molecule has 5 rings (SSSR count). The molecule has 0 aliphatic carbocycles. The second kappa shape index (κ2) is 9.50. The maximum Gasteiger partial charge on any atom is 0.332 e. The van der Waals surface area contributed by atoms with E-state index in [1.165, 1.54) is 12.1 Å². The van der Waals surface area contributed by atoms with E-state index in [4.69, 9.17) is 0 Å². The number of benzene rings is 2. The van der Waals surface area contributed by atoms with Crippen molar-refractivity contribution in [2.24, 2.45) is 0 Å². The Balaban J connectivity index is 1.36. The molecule has 0 spiro atoms. The van der Waals surface area contributed by atoms with Crippen molar-refractivity contribution in [3.05, 3.63) is 69.9 Å². The first-order chi connectivity index (χ1) is 17.3. The quantitative estimate of drug-likeness (QED) is 0.536. The molecule has 4 amide bonds. The van der Waals surface area contributed by atoms with Crippen LogP contribution in [0.25, 0.3) is 10.8 Å². The molecule has 1 aromatic heterocycles. The molecule has 11 heteroatoms. The van der Waals surface area contributed by atoms with Crippen molar-refractivity contribution in [3.63, 3.8) is 0 Å². The number of nitrogens with zero attached hydrogens (tertiary/aromatic N) is 5. The number of halogens is 1. The number of fused-ring (bicyclic) bond motifs is 1. The van der Waals surface area contributed by atoms with Crippen LogP contribution in [0.5, 0.6) is 0 Å². The summed E-state index contributed by atoms with van der Waals surface area (Å²) in [7, 11) is 1.97. The highest BCUT2D eigenvalue weighted by Gasteiger charge is 2.40. The fraction of sp³-hybridized carbons (Fsp3) is 0.320. The number of urea groups is 1. The zero-order valence-electron chi connectivity index (χ0n) is 19.7. The van der Waals surface area contributed by atoms with Gasteiger partial charge in [-0.05, 0) is 30.8 Å². The fourth-order valence-corrected chi connectivity index (χ4v) is 4.57. The van der Waals surface area contributed by atoms with Gasteiger partial charge in [0.25, 0.3) is 11.5 Å². The molecule has 186 valence electrons. The molecule has 0 unspecified atom stereocenters. The van der Waals surface area contributed by atoms with E-state index < -0.39 is 17.8 Å². The predicted molar refractivity (Wildman–Crippen MR) is 130 cm³/mol. The van der Waals surface area contributed by atoms with Crippen molar-refractivity contribution in [1.29, 1.82) is 0 Å². The van der Waals surface area contributed by atoms with E-state index in [-0.39, 0.29) is 36.7 Å². The molecule has 0 atom stereocenters. The Labute approximate surface area is 205 Å². The second-order valence-electron chi connectivity index (χ2n) is 9.06. The van der Waals surface area contributed by atoms with Gasteiger partial charge in [0.1, 0.15) is 18.9 Å². The molecular formula is C25H25FN6O4. The Hall–Kier alpha value is -4.12. The number of anilines is 1. The molecular weight excluding hydrogens is 467 g/mol. The number of aromatic amines is 1. The Morgan fingerprint density at radius 1 is 1.03 bits per heavy atom. The first-order valence-corrected chi connectivity index (χ1v) is 11.6. The van der Waals surface area contributed by atoms with Crippen molar-refractivity contribution in [1.82, 2.24) is 24.9 Å². The summed E-state index contributed by atoms with van der Waals surface area (Å²) in [4.78, 5) is 56.3. The van der Waals surface area contributed by atoms with Crippen LogP contribution in [0.1, 0.15) is 11.3 Å². The maximum absolute atomic E-state index is 14.8. The zero-order chi connectivity index (χ0) is 25.4. The third-order valence-corrected chi connectivity index (χ3v) is 6.62. The van der Waals surface area contributed by atoms with Gasteiger partial charge in [0.15, 0.2) is 0 Å².